The number of carbonyl (C=O) groups excluding carboxylic acids is 2. The first-order valence-corrected chi connectivity index (χ1v) is 9.41. The molecule has 1 aromatic carbocycles. The van der Waals surface area contributed by atoms with Crippen molar-refractivity contribution in [3.8, 4) is 0 Å². The minimum absolute atomic E-state index is 0.0353. The predicted molar refractivity (Wildman–Crippen MR) is 98.0 cm³/mol. The monoisotopic (exact) mass is 372 g/mol. The molecular formula is C19H24N4O4. The molecule has 1 atom stereocenters. The van der Waals surface area contributed by atoms with Crippen LogP contribution < -0.4 is 5.32 Å². The van der Waals surface area contributed by atoms with Crippen molar-refractivity contribution in [3.63, 3.8) is 0 Å². The number of ether oxygens (including phenoxy) is 2. The van der Waals surface area contributed by atoms with Crippen LogP contribution in [0.15, 0.2) is 24.3 Å². The molecule has 0 spiro atoms. The SMILES string of the molecule is O=C(NCc1nc2ccccc2n1CC(=O)N1CCOCC1)C1CCCO1. The third-order valence-corrected chi connectivity index (χ3v) is 5.03. The Labute approximate surface area is 157 Å². The van der Waals surface area contributed by atoms with Gasteiger partial charge < -0.3 is 24.3 Å². The van der Waals surface area contributed by atoms with Crippen molar-refractivity contribution >= 4 is 22.8 Å². The van der Waals surface area contributed by atoms with Crippen LogP contribution in [0.25, 0.3) is 11.0 Å². The van der Waals surface area contributed by atoms with Crippen LogP contribution in [0.2, 0.25) is 0 Å². The molecular weight excluding hydrogens is 348 g/mol. The molecule has 2 amide bonds. The molecule has 2 aliphatic rings. The van der Waals surface area contributed by atoms with Crippen molar-refractivity contribution in [2.45, 2.75) is 32.0 Å². The van der Waals surface area contributed by atoms with Crippen LogP contribution in [-0.4, -0.2) is 65.3 Å². The number of benzene rings is 1. The molecule has 2 aromatic rings. The summed E-state index contributed by atoms with van der Waals surface area (Å²) >= 11 is 0. The van der Waals surface area contributed by atoms with Crippen LogP contribution in [0.5, 0.6) is 0 Å². The van der Waals surface area contributed by atoms with Crippen molar-refractivity contribution in [3.05, 3.63) is 30.1 Å². The number of aromatic nitrogens is 2. The third-order valence-electron chi connectivity index (χ3n) is 5.03. The first-order chi connectivity index (χ1) is 13.2. The minimum atomic E-state index is -0.377. The Morgan fingerprint density at radius 3 is 2.78 bits per heavy atom. The smallest absolute Gasteiger partial charge is 0.249 e. The van der Waals surface area contributed by atoms with Crippen LogP contribution in [0.1, 0.15) is 18.7 Å². The maximum atomic E-state index is 12.7. The highest BCUT2D eigenvalue weighted by Crippen LogP contribution is 2.17. The van der Waals surface area contributed by atoms with E-state index in [4.69, 9.17) is 9.47 Å². The highest BCUT2D eigenvalue weighted by atomic mass is 16.5. The van der Waals surface area contributed by atoms with Gasteiger partial charge in [0.15, 0.2) is 0 Å². The summed E-state index contributed by atoms with van der Waals surface area (Å²) in [5.74, 6) is 0.586. The van der Waals surface area contributed by atoms with Crippen molar-refractivity contribution in [1.82, 2.24) is 19.8 Å². The summed E-state index contributed by atoms with van der Waals surface area (Å²) in [6.45, 7) is 3.45. The molecule has 3 heterocycles. The summed E-state index contributed by atoms with van der Waals surface area (Å²) in [5, 5.41) is 2.90. The van der Waals surface area contributed by atoms with E-state index in [9.17, 15) is 9.59 Å². The Bertz CT molecular complexity index is 822. The molecule has 8 heteroatoms. The normalized spacial score (nSPS) is 20.1. The molecule has 2 aliphatic heterocycles. The van der Waals surface area contributed by atoms with Gasteiger partial charge in [0.05, 0.1) is 30.8 Å². The van der Waals surface area contributed by atoms with E-state index in [1.54, 1.807) is 0 Å². The zero-order chi connectivity index (χ0) is 18.6. The van der Waals surface area contributed by atoms with E-state index in [0.717, 1.165) is 23.9 Å². The third kappa shape index (κ3) is 3.96. The second kappa shape index (κ2) is 8.06. The van der Waals surface area contributed by atoms with Gasteiger partial charge in [0.1, 0.15) is 18.5 Å². The van der Waals surface area contributed by atoms with E-state index in [1.165, 1.54) is 0 Å². The summed E-state index contributed by atoms with van der Waals surface area (Å²) in [6, 6.07) is 7.70. The van der Waals surface area contributed by atoms with Gasteiger partial charge in [0, 0.05) is 19.7 Å². The largest absolute Gasteiger partial charge is 0.378 e. The fraction of sp³-hybridized carbons (Fsp3) is 0.526. The fourth-order valence-electron chi connectivity index (χ4n) is 3.55. The van der Waals surface area contributed by atoms with Crippen molar-refractivity contribution in [1.29, 1.82) is 0 Å². The van der Waals surface area contributed by atoms with Gasteiger partial charge in [0.25, 0.3) is 0 Å². The molecule has 0 aliphatic carbocycles. The van der Waals surface area contributed by atoms with E-state index >= 15 is 0 Å². The summed E-state index contributed by atoms with van der Waals surface area (Å²) < 4.78 is 12.6. The second-order valence-electron chi connectivity index (χ2n) is 6.82. The minimum Gasteiger partial charge on any atom is -0.378 e. The van der Waals surface area contributed by atoms with Gasteiger partial charge in [-0.05, 0) is 25.0 Å². The van der Waals surface area contributed by atoms with Crippen LogP contribution in [0.4, 0.5) is 0 Å². The van der Waals surface area contributed by atoms with Crippen molar-refractivity contribution in [2.24, 2.45) is 0 Å². The lowest BCUT2D eigenvalue weighted by atomic mass is 10.2. The summed E-state index contributed by atoms with van der Waals surface area (Å²) in [4.78, 5) is 31.4. The molecule has 1 aromatic heterocycles. The first kappa shape index (κ1) is 17.9. The number of nitrogens with one attached hydrogen (secondary N) is 1. The molecule has 27 heavy (non-hydrogen) atoms. The Balaban J connectivity index is 1.51. The fourth-order valence-corrected chi connectivity index (χ4v) is 3.55. The molecule has 8 nitrogen and oxygen atoms in total. The van der Waals surface area contributed by atoms with Gasteiger partial charge in [-0.15, -0.1) is 0 Å². The second-order valence-corrected chi connectivity index (χ2v) is 6.82. The van der Waals surface area contributed by atoms with Gasteiger partial charge in [-0.3, -0.25) is 9.59 Å². The maximum absolute atomic E-state index is 12.7. The number of rotatable bonds is 5. The number of morpholine rings is 1. The van der Waals surface area contributed by atoms with Gasteiger partial charge in [-0.25, -0.2) is 4.98 Å². The molecule has 2 saturated heterocycles. The van der Waals surface area contributed by atoms with Crippen LogP contribution in [0, 0.1) is 0 Å². The Kier molecular flexibility index (Phi) is 5.35. The average Bonchev–Trinajstić information content (AvgIpc) is 3.36. The van der Waals surface area contributed by atoms with Crippen molar-refractivity contribution < 1.29 is 19.1 Å². The number of hydrogen-bond donors (Lipinski definition) is 1. The average molecular weight is 372 g/mol. The number of amides is 2. The van der Waals surface area contributed by atoms with E-state index < -0.39 is 0 Å². The quantitative estimate of drug-likeness (QED) is 0.835. The van der Waals surface area contributed by atoms with E-state index in [0.29, 0.717) is 38.7 Å². The lowest BCUT2D eigenvalue weighted by Gasteiger charge is -2.27. The van der Waals surface area contributed by atoms with Gasteiger partial charge in [-0.2, -0.15) is 0 Å². The predicted octanol–water partition coefficient (Wildman–Crippen LogP) is 0.690. The van der Waals surface area contributed by atoms with E-state index in [2.05, 4.69) is 10.3 Å². The molecule has 2 fully saturated rings. The number of fused-ring (bicyclic) bond motifs is 1. The summed E-state index contributed by atoms with van der Waals surface area (Å²) in [7, 11) is 0. The Morgan fingerprint density at radius 1 is 1.19 bits per heavy atom. The van der Waals surface area contributed by atoms with Gasteiger partial charge in [-0.1, -0.05) is 12.1 Å². The van der Waals surface area contributed by atoms with Gasteiger partial charge in [0.2, 0.25) is 11.8 Å². The van der Waals surface area contributed by atoms with Crippen LogP contribution in [0.3, 0.4) is 0 Å². The number of nitrogens with zero attached hydrogens (tertiary/aromatic N) is 3. The van der Waals surface area contributed by atoms with E-state index in [1.807, 2.05) is 33.7 Å². The molecule has 0 radical (unpaired) electrons. The molecule has 0 saturated carbocycles. The van der Waals surface area contributed by atoms with Gasteiger partial charge >= 0.3 is 0 Å². The first-order valence-electron chi connectivity index (χ1n) is 9.41. The lowest BCUT2D eigenvalue weighted by Crippen LogP contribution is -2.42. The highest BCUT2D eigenvalue weighted by Gasteiger charge is 2.24. The molecule has 0 bridgehead atoms. The highest BCUT2D eigenvalue weighted by molar-refractivity contribution is 5.82. The number of imidazole rings is 1. The van der Waals surface area contributed by atoms with Crippen LogP contribution >= 0.6 is 0 Å². The molecule has 1 N–H and O–H groups in total. The summed E-state index contributed by atoms with van der Waals surface area (Å²) in [6.07, 6.45) is 1.28. The lowest BCUT2D eigenvalue weighted by molar-refractivity contribution is -0.135. The van der Waals surface area contributed by atoms with Crippen molar-refractivity contribution in [2.75, 3.05) is 32.9 Å². The Hall–Kier alpha value is -2.45. The number of carbonyl (C=O) groups is 2. The van der Waals surface area contributed by atoms with Crippen LogP contribution in [-0.2, 0) is 32.2 Å². The standard InChI is InChI=1S/C19H24N4O4/c24-18(22-7-10-26-11-8-22)13-23-15-5-2-1-4-14(15)21-17(23)12-20-19(25)16-6-3-9-27-16/h1-2,4-5,16H,3,6-13H2,(H,20,25). The number of para-hydroxylation sites is 2. The zero-order valence-electron chi connectivity index (χ0n) is 15.2. The summed E-state index contributed by atoms with van der Waals surface area (Å²) in [5.41, 5.74) is 1.70. The molecule has 1 unspecified atom stereocenters. The Morgan fingerprint density at radius 2 is 2.00 bits per heavy atom. The molecule has 4 rings (SSSR count). The topological polar surface area (TPSA) is 85.7 Å². The zero-order valence-corrected chi connectivity index (χ0v) is 15.2. The van der Waals surface area contributed by atoms with E-state index in [-0.39, 0.29) is 31.0 Å². The number of hydrogen-bond acceptors (Lipinski definition) is 5. The maximum Gasteiger partial charge on any atom is 0.249 e. The molecule has 144 valence electrons.